The Bertz CT molecular complexity index is 689. The van der Waals surface area contributed by atoms with Gasteiger partial charge in [0, 0.05) is 12.1 Å². The Morgan fingerprint density at radius 1 is 1.35 bits per heavy atom. The molecule has 0 atom stereocenters. The van der Waals surface area contributed by atoms with Crippen molar-refractivity contribution in [3.63, 3.8) is 0 Å². The SMILES string of the molecule is CCn1nc(C)cc1C(=O)NC(C)(C)Cc1ccccc1OC. The van der Waals surface area contributed by atoms with Crippen molar-refractivity contribution in [3.8, 4) is 5.75 Å². The number of hydrogen-bond donors (Lipinski definition) is 1. The molecule has 0 aliphatic heterocycles. The predicted octanol–water partition coefficient (Wildman–Crippen LogP) is 2.97. The van der Waals surface area contributed by atoms with E-state index in [1.807, 2.05) is 58.0 Å². The highest BCUT2D eigenvalue weighted by Crippen LogP contribution is 2.23. The highest BCUT2D eigenvalue weighted by Gasteiger charge is 2.25. The molecule has 0 saturated carbocycles. The van der Waals surface area contributed by atoms with Crippen LogP contribution in [0.25, 0.3) is 0 Å². The summed E-state index contributed by atoms with van der Waals surface area (Å²) >= 11 is 0. The summed E-state index contributed by atoms with van der Waals surface area (Å²) in [6.07, 6.45) is 0.683. The number of methoxy groups -OCH3 is 1. The zero-order valence-electron chi connectivity index (χ0n) is 14.5. The Balaban J connectivity index is 2.15. The number of amides is 1. The number of hydrogen-bond acceptors (Lipinski definition) is 3. The molecule has 5 heteroatoms. The highest BCUT2D eigenvalue weighted by atomic mass is 16.5. The third kappa shape index (κ3) is 4.12. The maximum absolute atomic E-state index is 12.6. The zero-order valence-corrected chi connectivity index (χ0v) is 14.5. The molecule has 0 spiro atoms. The van der Waals surface area contributed by atoms with E-state index in [4.69, 9.17) is 4.74 Å². The number of aromatic nitrogens is 2. The number of aryl methyl sites for hydroxylation is 2. The zero-order chi connectivity index (χ0) is 17.0. The summed E-state index contributed by atoms with van der Waals surface area (Å²) in [5.74, 6) is 0.733. The number of carbonyl (C=O) groups is 1. The molecule has 0 aliphatic carbocycles. The first kappa shape index (κ1) is 17.1. The van der Waals surface area contributed by atoms with Gasteiger partial charge in [-0.15, -0.1) is 0 Å². The van der Waals surface area contributed by atoms with Crippen molar-refractivity contribution in [3.05, 3.63) is 47.3 Å². The second-order valence-corrected chi connectivity index (χ2v) is 6.31. The number of para-hydroxylation sites is 1. The van der Waals surface area contributed by atoms with Gasteiger partial charge in [-0.3, -0.25) is 9.48 Å². The first-order chi connectivity index (χ1) is 10.9. The maximum atomic E-state index is 12.6. The standard InChI is InChI=1S/C18H25N3O2/c1-6-21-15(11-13(2)20-21)17(22)19-18(3,4)12-14-9-7-8-10-16(14)23-5/h7-11H,6,12H2,1-5H3,(H,19,22). The van der Waals surface area contributed by atoms with Crippen molar-refractivity contribution in [2.75, 3.05) is 7.11 Å². The van der Waals surface area contributed by atoms with Crippen molar-refractivity contribution in [1.82, 2.24) is 15.1 Å². The lowest BCUT2D eigenvalue weighted by atomic mass is 9.94. The largest absolute Gasteiger partial charge is 0.496 e. The van der Waals surface area contributed by atoms with E-state index in [1.54, 1.807) is 11.8 Å². The van der Waals surface area contributed by atoms with Gasteiger partial charge in [0.25, 0.3) is 5.91 Å². The number of benzene rings is 1. The summed E-state index contributed by atoms with van der Waals surface area (Å²) in [6.45, 7) is 8.56. The summed E-state index contributed by atoms with van der Waals surface area (Å²) in [4.78, 5) is 12.6. The van der Waals surface area contributed by atoms with E-state index in [0.29, 0.717) is 18.7 Å². The third-order valence-electron chi connectivity index (χ3n) is 3.71. The Labute approximate surface area is 137 Å². The molecule has 2 aromatic rings. The lowest BCUT2D eigenvalue weighted by Gasteiger charge is -2.27. The molecular formula is C18H25N3O2. The number of ether oxygens (including phenoxy) is 1. The first-order valence-corrected chi connectivity index (χ1v) is 7.85. The molecule has 1 aromatic carbocycles. The summed E-state index contributed by atoms with van der Waals surface area (Å²) in [5.41, 5.74) is 2.11. The maximum Gasteiger partial charge on any atom is 0.269 e. The molecule has 2 rings (SSSR count). The van der Waals surface area contributed by atoms with Gasteiger partial charge < -0.3 is 10.1 Å². The fourth-order valence-corrected chi connectivity index (χ4v) is 2.71. The Kier molecular flexibility index (Phi) is 5.08. The van der Waals surface area contributed by atoms with E-state index in [0.717, 1.165) is 17.0 Å². The minimum Gasteiger partial charge on any atom is -0.496 e. The molecule has 0 bridgehead atoms. The molecule has 1 N–H and O–H groups in total. The van der Waals surface area contributed by atoms with Gasteiger partial charge in [-0.1, -0.05) is 18.2 Å². The fraction of sp³-hybridized carbons (Fsp3) is 0.444. The van der Waals surface area contributed by atoms with Crippen molar-refractivity contribution in [2.24, 2.45) is 0 Å². The highest BCUT2D eigenvalue weighted by molar-refractivity contribution is 5.93. The second-order valence-electron chi connectivity index (χ2n) is 6.31. The molecular weight excluding hydrogens is 290 g/mol. The van der Waals surface area contributed by atoms with Crippen molar-refractivity contribution in [1.29, 1.82) is 0 Å². The van der Waals surface area contributed by atoms with Crippen LogP contribution < -0.4 is 10.1 Å². The Morgan fingerprint density at radius 2 is 2.04 bits per heavy atom. The van der Waals surface area contributed by atoms with Gasteiger partial charge in [0.2, 0.25) is 0 Å². The fourth-order valence-electron chi connectivity index (χ4n) is 2.71. The van der Waals surface area contributed by atoms with Gasteiger partial charge in [-0.25, -0.2) is 0 Å². The molecule has 1 amide bonds. The molecule has 0 aliphatic rings. The third-order valence-corrected chi connectivity index (χ3v) is 3.71. The average molecular weight is 315 g/mol. The lowest BCUT2D eigenvalue weighted by Crippen LogP contribution is -2.45. The molecule has 0 saturated heterocycles. The van der Waals surface area contributed by atoms with E-state index in [9.17, 15) is 4.79 Å². The molecule has 1 aromatic heterocycles. The monoisotopic (exact) mass is 315 g/mol. The van der Waals surface area contributed by atoms with Crippen molar-refractivity contribution in [2.45, 2.75) is 46.2 Å². The topological polar surface area (TPSA) is 56.2 Å². The minimum atomic E-state index is -0.400. The van der Waals surface area contributed by atoms with Crippen LogP contribution in [0, 0.1) is 6.92 Å². The normalized spacial score (nSPS) is 11.3. The quantitative estimate of drug-likeness (QED) is 0.891. The van der Waals surface area contributed by atoms with Crippen LogP contribution in [-0.4, -0.2) is 28.3 Å². The van der Waals surface area contributed by atoms with Crippen LogP contribution in [0.4, 0.5) is 0 Å². The summed E-state index contributed by atoms with van der Waals surface area (Å²) in [7, 11) is 1.66. The molecule has 23 heavy (non-hydrogen) atoms. The molecule has 0 unspecified atom stereocenters. The van der Waals surface area contributed by atoms with Crippen LogP contribution in [-0.2, 0) is 13.0 Å². The number of nitrogens with zero attached hydrogens (tertiary/aromatic N) is 2. The molecule has 0 fully saturated rings. The van der Waals surface area contributed by atoms with Crippen molar-refractivity contribution >= 4 is 5.91 Å². The summed E-state index contributed by atoms with van der Waals surface area (Å²) in [5, 5.41) is 7.43. The van der Waals surface area contributed by atoms with Crippen molar-refractivity contribution < 1.29 is 9.53 Å². The van der Waals surface area contributed by atoms with Gasteiger partial charge >= 0.3 is 0 Å². The molecule has 1 heterocycles. The van der Waals surface area contributed by atoms with Gasteiger partial charge in [0.15, 0.2) is 0 Å². The molecule has 124 valence electrons. The van der Waals surface area contributed by atoms with E-state index in [1.165, 1.54) is 0 Å². The first-order valence-electron chi connectivity index (χ1n) is 7.85. The second kappa shape index (κ2) is 6.86. The Hall–Kier alpha value is -2.30. The van der Waals surface area contributed by atoms with Crippen LogP contribution in [0.15, 0.2) is 30.3 Å². The smallest absolute Gasteiger partial charge is 0.269 e. The van der Waals surface area contributed by atoms with Gasteiger partial charge in [0.05, 0.1) is 12.8 Å². The van der Waals surface area contributed by atoms with Crippen LogP contribution in [0.2, 0.25) is 0 Å². The van der Waals surface area contributed by atoms with E-state index in [2.05, 4.69) is 10.4 Å². The van der Waals surface area contributed by atoms with Crippen LogP contribution in [0.3, 0.4) is 0 Å². The van der Waals surface area contributed by atoms with Gasteiger partial charge in [-0.05, 0) is 51.8 Å². The van der Waals surface area contributed by atoms with Crippen LogP contribution >= 0.6 is 0 Å². The Morgan fingerprint density at radius 3 is 2.70 bits per heavy atom. The molecule has 0 radical (unpaired) electrons. The van der Waals surface area contributed by atoms with E-state index < -0.39 is 5.54 Å². The lowest BCUT2D eigenvalue weighted by molar-refractivity contribution is 0.0901. The predicted molar refractivity (Wildman–Crippen MR) is 90.9 cm³/mol. The van der Waals surface area contributed by atoms with Gasteiger partial charge in [-0.2, -0.15) is 5.10 Å². The minimum absolute atomic E-state index is 0.104. The van der Waals surface area contributed by atoms with E-state index in [-0.39, 0.29) is 5.91 Å². The average Bonchev–Trinajstić information content (AvgIpc) is 2.88. The van der Waals surface area contributed by atoms with Crippen LogP contribution in [0.5, 0.6) is 5.75 Å². The van der Waals surface area contributed by atoms with Crippen LogP contribution in [0.1, 0.15) is 42.5 Å². The summed E-state index contributed by atoms with van der Waals surface area (Å²) in [6, 6.07) is 9.69. The van der Waals surface area contributed by atoms with E-state index >= 15 is 0 Å². The number of nitrogens with one attached hydrogen (secondary N) is 1. The molecule has 5 nitrogen and oxygen atoms in total. The summed E-state index contributed by atoms with van der Waals surface area (Å²) < 4.78 is 7.12. The van der Waals surface area contributed by atoms with Gasteiger partial charge in [0.1, 0.15) is 11.4 Å². The number of rotatable bonds is 6. The number of carbonyl (C=O) groups excluding carboxylic acids is 1.